The summed E-state index contributed by atoms with van der Waals surface area (Å²) in [4.78, 5) is 49.0. The second-order valence-corrected chi connectivity index (χ2v) is 19.6. The van der Waals surface area contributed by atoms with Crippen molar-refractivity contribution in [3.63, 3.8) is 0 Å². The number of benzene rings is 2. The summed E-state index contributed by atoms with van der Waals surface area (Å²) in [7, 11) is 0. The standard InChI is InChI=1S/C59H98N2O12/c1-59(2,51-72-41-33-57(64)60-35-17-7-3-5-15-29-55(62)31-21-39-68-45-49-70-47-43-66-37-19-27-53-23-11-9-12-24-53)52-73-42-34-58(65)61-36-18-8-4-6-16-30-56(63)32-22-40-69-46-50-71-48-44-67-38-20-28-54-25-13-10-14-26-54/h9-14,23-26H,3-8,15-22,27-52H2,1-2H3,(H,60,64)(H,61,65). The highest BCUT2D eigenvalue weighted by Gasteiger charge is 2.19. The predicted molar refractivity (Wildman–Crippen MR) is 289 cm³/mol. The second kappa shape index (κ2) is 48.1. The van der Waals surface area contributed by atoms with E-state index in [-0.39, 0.29) is 17.2 Å². The molecule has 0 saturated heterocycles. The second-order valence-electron chi connectivity index (χ2n) is 19.6. The molecule has 14 nitrogen and oxygen atoms in total. The fourth-order valence-corrected chi connectivity index (χ4v) is 7.78. The largest absolute Gasteiger partial charge is 0.380 e. The molecule has 0 saturated carbocycles. The van der Waals surface area contributed by atoms with Crippen molar-refractivity contribution < 1.29 is 57.1 Å². The molecule has 2 aromatic carbocycles. The van der Waals surface area contributed by atoms with Crippen LogP contribution in [0.1, 0.15) is 153 Å². The molecule has 0 aliphatic carbocycles. The van der Waals surface area contributed by atoms with Crippen molar-refractivity contribution in [3.8, 4) is 0 Å². The first-order valence-electron chi connectivity index (χ1n) is 28.0. The molecular formula is C59H98N2O12. The van der Waals surface area contributed by atoms with E-state index in [9.17, 15) is 19.2 Å². The van der Waals surface area contributed by atoms with Crippen molar-refractivity contribution in [1.82, 2.24) is 10.6 Å². The molecule has 0 atom stereocenters. The van der Waals surface area contributed by atoms with Gasteiger partial charge in [0, 0.05) is 83.5 Å². The fourth-order valence-electron chi connectivity index (χ4n) is 7.78. The number of amides is 2. The summed E-state index contributed by atoms with van der Waals surface area (Å²) in [5.41, 5.74) is 2.43. The van der Waals surface area contributed by atoms with Crippen molar-refractivity contribution in [2.75, 3.05) is 119 Å². The Balaban J connectivity index is 1.23. The third kappa shape index (κ3) is 44.4. The summed E-state index contributed by atoms with van der Waals surface area (Å²) in [6.07, 6.45) is 18.3. The van der Waals surface area contributed by atoms with Crippen LogP contribution in [0, 0.1) is 5.41 Å². The Morgan fingerprint density at radius 3 is 1.04 bits per heavy atom. The molecule has 2 amide bonds. The maximum atomic E-state index is 12.3. The lowest BCUT2D eigenvalue weighted by Crippen LogP contribution is -2.29. The summed E-state index contributed by atoms with van der Waals surface area (Å²) >= 11 is 0. The molecule has 0 radical (unpaired) electrons. The van der Waals surface area contributed by atoms with Crippen LogP contribution in [-0.2, 0) is 69.9 Å². The fraction of sp³-hybridized carbons (Fsp3) is 0.729. The number of carbonyl (C=O) groups excluding carboxylic acids is 4. The summed E-state index contributed by atoms with van der Waals surface area (Å²) in [5, 5.41) is 5.95. The van der Waals surface area contributed by atoms with Crippen molar-refractivity contribution >= 4 is 23.4 Å². The molecule has 73 heavy (non-hydrogen) atoms. The van der Waals surface area contributed by atoms with E-state index in [0.29, 0.717) is 156 Å². The van der Waals surface area contributed by atoms with E-state index >= 15 is 0 Å². The number of nitrogens with one attached hydrogen (secondary N) is 2. The quantitative estimate of drug-likeness (QED) is 0.0604. The van der Waals surface area contributed by atoms with Crippen LogP contribution < -0.4 is 10.6 Å². The van der Waals surface area contributed by atoms with Gasteiger partial charge >= 0.3 is 0 Å². The maximum Gasteiger partial charge on any atom is 0.222 e. The lowest BCUT2D eigenvalue weighted by molar-refractivity contribution is -0.123. The molecule has 0 heterocycles. The number of aryl methyl sites for hydroxylation is 2. The van der Waals surface area contributed by atoms with Crippen molar-refractivity contribution in [1.29, 1.82) is 0 Å². The highest BCUT2D eigenvalue weighted by Crippen LogP contribution is 2.16. The molecule has 0 fully saturated rings. The van der Waals surface area contributed by atoms with Crippen molar-refractivity contribution in [3.05, 3.63) is 71.8 Å². The number of unbranched alkanes of at least 4 members (excludes halogenated alkanes) is 8. The molecule has 0 spiro atoms. The average Bonchev–Trinajstić information content (AvgIpc) is 3.39. The van der Waals surface area contributed by atoms with Crippen LogP contribution >= 0.6 is 0 Å². The Labute approximate surface area is 440 Å². The summed E-state index contributed by atoms with van der Waals surface area (Å²) in [6.45, 7) is 14.0. The molecule has 0 unspecified atom stereocenters. The van der Waals surface area contributed by atoms with Gasteiger partial charge in [-0.2, -0.15) is 0 Å². The zero-order valence-corrected chi connectivity index (χ0v) is 45.5. The lowest BCUT2D eigenvalue weighted by atomic mass is 9.96. The maximum absolute atomic E-state index is 12.3. The third-order valence-electron chi connectivity index (χ3n) is 12.0. The smallest absolute Gasteiger partial charge is 0.222 e. The van der Waals surface area contributed by atoms with Crippen LogP contribution in [-0.4, -0.2) is 142 Å². The first kappa shape index (κ1) is 65.5. The first-order chi connectivity index (χ1) is 35.7. The van der Waals surface area contributed by atoms with Gasteiger partial charge in [0.2, 0.25) is 11.8 Å². The zero-order valence-electron chi connectivity index (χ0n) is 45.5. The minimum atomic E-state index is -0.240. The SMILES string of the molecule is CC(C)(COCCC(=O)NCCCCCCCC(=O)CCCOCCOCCOCCCc1ccccc1)COCCC(=O)NCCCCCCCC(=O)CCCOCCOCCOCCCc1ccccc1. The summed E-state index contributed by atoms with van der Waals surface area (Å²) in [6, 6.07) is 20.8. The van der Waals surface area contributed by atoms with Gasteiger partial charge in [-0.25, -0.2) is 0 Å². The first-order valence-corrected chi connectivity index (χ1v) is 28.0. The molecule has 0 aliphatic rings. The van der Waals surface area contributed by atoms with Crippen molar-refractivity contribution in [2.24, 2.45) is 5.41 Å². The van der Waals surface area contributed by atoms with Crippen molar-refractivity contribution in [2.45, 2.75) is 155 Å². The Kier molecular flexibility index (Phi) is 43.1. The summed E-state index contributed by atoms with van der Waals surface area (Å²) in [5.74, 6) is 0.560. The number of rotatable bonds is 54. The van der Waals surface area contributed by atoms with E-state index in [1.807, 2.05) is 26.0 Å². The number of hydrogen-bond acceptors (Lipinski definition) is 12. The normalized spacial score (nSPS) is 11.5. The van der Waals surface area contributed by atoms with Gasteiger partial charge in [0.15, 0.2) is 0 Å². The highest BCUT2D eigenvalue weighted by molar-refractivity contribution is 5.78. The molecule has 0 aliphatic heterocycles. The molecule has 0 bridgehead atoms. The molecule has 2 N–H and O–H groups in total. The van der Waals surface area contributed by atoms with Crippen LogP contribution in [0.15, 0.2) is 60.7 Å². The van der Waals surface area contributed by atoms with Gasteiger partial charge in [0.1, 0.15) is 11.6 Å². The predicted octanol–water partition coefficient (Wildman–Crippen LogP) is 9.80. The average molecular weight is 1030 g/mol. The van der Waals surface area contributed by atoms with Gasteiger partial charge in [-0.15, -0.1) is 0 Å². The number of Topliss-reactive ketones (excluding diaryl/α,β-unsaturated/α-hetero) is 2. The molecule has 2 rings (SSSR count). The minimum absolute atomic E-state index is 0.0147. The van der Waals surface area contributed by atoms with E-state index < -0.39 is 0 Å². The third-order valence-corrected chi connectivity index (χ3v) is 12.0. The molecule has 0 aromatic heterocycles. The number of ketones is 2. The summed E-state index contributed by atoms with van der Waals surface area (Å²) < 4.78 is 45.2. The Morgan fingerprint density at radius 2 is 0.658 bits per heavy atom. The van der Waals surface area contributed by atoms with Crippen LogP contribution in [0.2, 0.25) is 0 Å². The van der Waals surface area contributed by atoms with E-state index in [2.05, 4.69) is 59.2 Å². The van der Waals surface area contributed by atoms with E-state index in [1.54, 1.807) is 0 Å². The highest BCUT2D eigenvalue weighted by atomic mass is 16.5. The van der Waals surface area contributed by atoms with Crippen LogP contribution in [0.5, 0.6) is 0 Å². The van der Waals surface area contributed by atoms with Crippen LogP contribution in [0.4, 0.5) is 0 Å². The lowest BCUT2D eigenvalue weighted by Gasteiger charge is -2.24. The van der Waals surface area contributed by atoms with E-state index in [4.69, 9.17) is 37.9 Å². The number of ether oxygens (including phenoxy) is 8. The minimum Gasteiger partial charge on any atom is -0.380 e. The van der Waals surface area contributed by atoms with E-state index in [1.165, 1.54) is 11.1 Å². The number of hydrogen-bond donors (Lipinski definition) is 2. The van der Waals surface area contributed by atoms with Gasteiger partial charge in [-0.05, 0) is 75.3 Å². The molecule has 2 aromatic rings. The van der Waals surface area contributed by atoms with Gasteiger partial charge in [-0.1, -0.05) is 113 Å². The van der Waals surface area contributed by atoms with Gasteiger partial charge in [-0.3, -0.25) is 19.2 Å². The molecular weight excluding hydrogens is 929 g/mol. The van der Waals surface area contributed by atoms with Gasteiger partial charge < -0.3 is 48.5 Å². The zero-order chi connectivity index (χ0) is 52.4. The van der Waals surface area contributed by atoms with Gasteiger partial charge in [0.05, 0.1) is 79.3 Å². The van der Waals surface area contributed by atoms with Gasteiger partial charge in [0.25, 0.3) is 0 Å². The molecule has 416 valence electrons. The Morgan fingerprint density at radius 1 is 0.342 bits per heavy atom. The van der Waals surface area contributed by atoms with E-state index in [0.717, 1.165) is 116 Å². The Bertz CT molecular complexity index is 1480. The Hall–Kier alpha value is -3.60. The van der Waals surface area contributed by atoms with Crippen LogP contribution in [0.25, 0.3) is 0 Å². The van der Waals surface area contributed by atoms with Crippen LogP contribution in [0.3, 0.4) is 0 Å². The molecule has 14 heteroatoms. The monoisotopic (exact) mass is 1030 g/mol. The topological polar surface area (TPSA) is 166 Å². The number of carbonyl (C=O) groups is 4.